The molecule has 0 bridgehead atoms. The van der Waals surface area contributed by atoms with Crippen LogP contribution < -0.4 is 10.6 Å². The van der Waals surface area contributed by atoms with Crippen LogP contribution in [0.2, 0.25) is 0 Å². The van der Waals surface area contributed by atoms with E-state index in [0.29, 0.717) is 43.2 Å². The lowest BCUT2D eigenvalue weighted by Crippen LogP contribution is -2.40. The highest BCUT2D eigenvalue weighted by molar-refractivity contribution is 5.99. The lowest BCUT2D eigenvalue weighted by atomic mass is 10.1. The smallest absolute Gasteiger partial charge is 0.257 e. The van der Waals surface area contributed by atoms with Crippen LogP contribution in [0.4, 0.5) is 11.5 Å². The normalized spacial score (nSPS) is 18.5. The maximum Gasteiger partial charge on any atom is 0.257 e. The van der Waals surface area contributed by atoms with Gasteiger partial charge in [-0.05, 0) is 30.7 Å². The molecule has 1 aromatic carbocycles. The van der Waals surface area contributed by atoms with E-state index in [9.17, 15) is 9.59 Å². The molecule has 2 aromatic rings. The van der Waals surface area contributed by atoms with E-state index in [0.717, 1.165) is 12.1 Å². The summed E-state index contributed by atoms with van der Waals surface area (Å²) in [5.41, 5.74) is 1.81. The van der Waals surface area contributed by atoms with Crippen LogP contribution in [0.5, 0.6) is 0 Å². The first-order valence-electron chi connectivity index (χ1n) is 9.62. The van der Waals surface area contributed by atoms with Crippen molar-refractivity contribution in [2.45, 2.75) is 12.5 Å². The van der Waals surface area contributed by atoms with Crippen LogP contribution in [-0.4, -0.2) is 59.3 Å². The first-order chi connectivity index (χ1) is 14.2. The van der Waals surface area contributed by atoms with Crippen molar-refractivity contribution in [1.82, 2.24) is 20.4 Å². The van der Waals surface area contributed by atoms with Crippen LogP contribution in [0, 0.1) is 0 Å². The minimum atomic E-state index is -0.203. The summed E-state index contributed by atoms with van der Waals surface area (Å²) < 4.78 is 5.29. The van der Waals surface area contributed by atoms with Gasteiger partial charge in [0, 0.05) is 24.3 Å². The monoisotopic (exact) mass is 393 g/mol. The molecule has 1 aromatic heterocycles. The third kappa shape index (κ3) is 4.55. The number of hydrogen-bond acceptors (Lipinski definition) is 5. The number of nitrogens with one attached hydrogen (secondary N) is 3. The molecule has 3 N–H and O–H groups in total. The second-order valence-corrected chi connectivity index (χ2v) is 6.89. The molecule has 8 nitrogen and oxygen atoms in total. The highest BCUT2D eigenvalue weighted by atomic mass is 16.5. The van der Waals surface area contributed by atoms with Crippen molar-refractivity contribution in [3.63, 3.8) is 0 Å². The molecule has 4 rings (SSSR count). The standard InChI is InChI=1S/C21H23N5O3/c27-20(24-16-4-2-1-3-5-16)18-14-22-25-19(18)23-17-8-6-15(7-9-17)21(28)26-10-12-29-13-11-26/h1-4,6-9,14,16H,5,10-13H2,(H,24,27)(H2,22,23,25). The van der Waals surface area contributed by atoms with Crippen LogP contribution >= 0.6 is 0 Å². The fourth-order valence-electron chi connectivity index (χ4n) is 3.28. The second-order valence-electron chi connectivity index (χ2n) is 6.89. The van der Waals surface area contributed by atoms with Gasteiger partial charge < -0.3 is 20.3 Å². The summed E-state index contributed by atoms with van der Waals surface area (Å²) in [5, 5.41) is 12.9. The fourth-order valence-corrected chi connectivity index (χ4v) is 3.28. The van der Waals surface area contributed by atoms with E-state index in [2.05, 4.69) is 20.8 Å². The molecular weight excluding hydrogens is 370 g/mol. The van der Waals surface area contributed by atoms with Gasteiger partial charge in [0.25, 0.3) is 11.8 Å². The zero-order valence-electron chi connectivity index (χ0n) is 15.9. The average molecular weight is 393 g/mol. The topological polar surface area (TPSA) is 99.3 Å². The number of nitrogens with zero attached hydrogens (tertiary/aromatic N) is 2. The summed E-state index contributed by atoms with van der Waals surface area (Å²) in [7, 11) is 0. The van der Waals surface area contributed by atoms with E-state index in [1.807, 2.05) is 36.4 Å². The molecular formula is C21H23N5O3. The molecule has 0 spiro atoms. The number of amides is 2. The molecule has 1 aliphatic carbocycles. The molecule has 150 valence electrons. The van der Waals surface area contributed by atoms with Crippen molar-refractivity contribution < 1.29 is 14.3 Å². The SMILES string of the molecule is O=C(NC1C=CC=CC1)c1cn[nH]c1Nc1ccc(C(=O)N2CCOCC2)cc1. The number of aromatic nitrogens is 2. The van der Waals surface area contributed by atoms with Gasteiger partial charge in [0.05, 0.1) is 25.5 Å². The van der Waals surface area contributed by atoms with E-state index in [1.54, 1.807) is 17.0 Å². The van der Waals surface area contributed by atoms with Gasteiger partial charge in [0.15, 0.2) is 0 Å². The predicted octanol–water partition coefficient (Wildman–Crippen LogP) is 2.24. The Labute approximate surface area is 168 Å². The van der Waals surface area contributed by atoms with E-state index < -0.39 is 0 Å². The summed E-state index contributed by atoms with van der Waals surface area (Å²) in [4.78, 5) is 26.9. The summed E-state index contributed by atoms with van der Waals surface area (Å²) in [6, 6.07) is 7.14. The number of carbonyl (C=O) groups is 2. The molecule has 1 unspecified atom stereocenters. The van der Waals surface area contributed by atoms with E-state index in [1.165, 1.54) is 6.20 Å². The maximum absolute atomic E-state index is 12.6. The van der Waals surface area contributed by atoms with Gasteiger partial charge in [-0.15, -0.1) is 0 Å². The number of morpholine rings is 1. The number of ether oxygens (including phenoxy) is 1. The second kappa shape index (κ2) is 8.74. The summed E-state index contributed by atoms with van der Waals surface area (Å²) in [6.45, 7) is 2.36. The minimum Gasteiger partial charge on any atom is -0.378 e. The van der Waals surface area contributed by atoms with Gasteiger partial charge in [-0.3, -0.25) is 14.7 Å². The van der Waals surface area contributed by atoms with E-state index in [4.69, 9.17) is 4.74 Å². The molecule has 29 heavy (non-hydrogen) atoms. The molecule has 1 atom stereocenters. The van der Waals surface area contributed by atoms with Crippen molar-refractivity contribution in [2.75, 3.05) is 31.6 Å². The number of rotatable bonds is 5. The summed E-state index contributed by atoms with van der Waals surface area (Å²) in [6.07, 6.45) is 10.1. The highest BCUT2D eigenvalue weighted by Crippen LogP contribution is 2.20. The Morgan fingerprint density at radius 2 is 1.93 bits per heavy atom. The van der Waals surface area contributed by atoms with E-state index >= 15 is 0 Å². The molecule has 2 aliphatic rings. The third-order valence-electron chi connectivity index (χ3n) is 4.88. The fraction of sp³-hybridized carbons (Fsp3) is 0.286. The Morgan fingerprint density at radius 3 is 2.66 bits per heavy atom. The average Bonchev–Trinajstić information content (AvgIpc) is 3.23. The number of aromatic amines is 1. The van der Waals surface area contributed by atoms with Crippen LogP contribution in [0.25, 0.3) is 0 Å². The van der Waals surface area contributed by atoms with Crippen molar-refractivity contribution in [1.29, 1.82) is 0 Å². The van der Waals surface area contributed by atoms with Crippen LogP contribution in [0.15, 0.2) is 54.8 Å². The Balaban J connectivity index is 1.40. The third-order valence-corrected chi connectivity index (χ3v) is 4.88. The molecule has 0 radical (unpaired) electrons. The lowest BCUT2D eigenvalue weighted by molar-refractivity contribution is 0.0303. The molecule has 1 aliphatic heterocycles. The Kier molecular flexibility index (Phi) is 5.71. The maximum atomic E-state index is 12.6. The molecule has 2 heterocycles. The number of anilines is 2. The van der Waals surface area contributed by atoms with Gasteiger partial charge in [-0.25, -0.2) is 0 Å². The number of carbonyl (C=O) groups excluding carboxylic acids is 2. The molecule has 8 heteroatoms. The van der Waals surface area contributed by atoms with Gasteiger partial charge in [-0.1, -0.05) is 24.3 Å². The minimum absolute atomic E-state index is 0.00366. The van der Waals surface area contributed by atoms with E-state index in [-0.39, 0.29) is 17.9 Å². The first kappa shape index (κ1) is 18.9. The van der Waals surface area contributed by atoms with Gasteiger partial charge in [-0.2, -0.15) is 5.10 Å². The Hall–Kier alpha value is -3.39. The van der Waals surface area contributed by atoms with Crippen LogP contribution in [-0.2, 0) is 4.74 Å². The largest absolute Gasteiger partial charge is 0.378 e. The van der Waals surface area contributed by atoms with Crippen molar-refractivity contribution in [3.8, 4) is 0 Å². The number of hydrogen-bond donors (Lipinski definition) is 3. The van der Waals surface area contributed by atoms with Gasteiger partial charge in [0.1, 0.15) is 11.4 Å². The summed E-state index contributed by atoms with van der Waals surface area (Å²) >= 11 is 0. The van der Waals surface area contributed by atoms with Gasteiger partial charge in [0.2, 0.25) is 0 Å². The predicted molar refractivity (Wildman–Crippen MR) is 109 cm³/mol. The Morgan fingerprint density at radius 1 is 1.14 bits per heavy atom. The summed E-state index contributed by atoms with van der Waals surface area (Å²) in [5.74, 6) is 0.298. The van der Waals surface area contributed by atoms with Crippen LogP contribution in [0.1, 0.15) is 27.1 Å². The number of allylic oxidation sites excluding steroid dienone is 2. The van der Waals surface area contributed by atoms with Crippen molar-refractivity contribution in [2.24, 2.45) is 0 Å². The lowest BCUT2D eigenvalue weighted by Gasteiger charge is -2.26. The molecule has 1 saturated heterocycles. The molecule has 1 fully saturated rings. The zero-order valence-corrected chi connectivity index (χ0v) is 15.9. The number of H-pyrrole nitrogens is 1. The molecule has 2 amide bonds. The van der Waals surface area contributed by atoms with Gasteiger partial charge >= 0.3 is 0 Å². The quantitative estimate of drug-likeness (QED) is 0.724. The zero-order chi connectivity index (χ0) is 20.1. The van der Waals surface area contributed by atoms with Crippen LogP contribution in [0.3, 0.4) is 0 Å². The van der Waals surface area contributed by atoms with Crippen molar-refractivity contribution in [3.05, 3.63) is 65.9 Å². The molecule has 0 saturated carbocycles. The van der Waals surface area contributed by atoms with Crippen molar-refractivity contribution >= 4 is 23.3 Å². The first-order valence-corrected chi connectivity index (χ1v) is 9.62. The number of benzene rings is 1. The Bertz CT molecular complexity index is 926. The highest BCUT2D eigenvalue weighted by Gasteiger charge is 2.19.